The lowest BCUT2D eigenvalue weighted by Crippen LogP contribution is -2.23. The number of methoxy groups -OCH3 is 2. The van der Waals surface area contributed by atoms with Crippen molar-refractivity contribution in [2.45, 2.75) is 6.54 Å². The highest BCUT2D eigenvalue weighted by Gasteiger charge is 2.15. The second-order valence-corrected chi connectivity index (χ2v) is 5.41. The summed E-state index contributed by atoms with van der Waals surface area (Å²) in [6, 6.07) is 12.7. The van der Waals surface area contributed by atoms with Gasteiger partial charge in [-0.1, -0.05) is 17.3 Å². The first-order valence-corrected chi connectivity index (χ1v) is 7.83. The molecule has 26 heavy (non-hydrogen) atoms. The molecule has 3 rings (SSSR count). The maximum atomic E-state index is 13.8. The molecule has 0 atom stereocenters. The molecule has 0 aliphatic rings. The van der Waals surface area contributed by atoms with Crippen LogP contribution in [-0.2, 0) is 6.54 Å². The van der Waals surface area contributed by atoms with Gasteiger partial charge < -0.3 is 19.3 Å². The third-order valence-electron chi connectivity index (χ3n) is 3.78. The highest BCUT2D eigenvalue weighted by molar-refractivity contribution is 5.97. The molecule has 6 nitrogen and oxygen atoms in total. The lowest BCUT2D eigenvalue weighted by molar-refractivity contribution is 0.0947. The lowest BCUT2D eigenvalue weighted by atomic mass is 10.1. The Morgan fingerprint density at radius 1 is 1.15 bits per heavy atom. The van der Waals surface area contributed by atoms with E-state index in [4.69, 9.17) is 14.0 Å². The quantitative estimate of drug-likeness (QED) is 0.732. The van der Waals surface area contributed by atoms with Crippen molar-refractivity contribution < 1.29 is 23.2 Å². The van der Waals surface area contributed by atoms with E-state index in [-0.39, 0.29) is 12.5 Å². The van der Waals surface area contributed by atoms with Gasteiger partial charge in [0.25, 0.3) is 5.91 Å². The molecule has 1 N–H and O–H groups in total. The SMILES string of the molecule is COc1ccc(C(=O)NCc2cc(-c3ccccc3F)on2)c(OC)c1. The summed E-state index contributed by atoms with van der Waals surface area (Å²) < 4.78 is 29.3. The van der Waals surface area contributed by atoms with Gasteiger partial charge in [-0.15, -0.1) is 0 Å². The molecule has 0 aliphatic carbocycles. The van der Waals surface area contributed by atoms with Crippen LogP contribution >= 0.6 is 0 Å². The van der Waals surface area contributed by atoms with Gasteiger partial charge >= 0.3 is 0 Å². The van der Waals surface area contributed by atoms with Gasteiger partial charge in [-0.3, -0.25) is 4.79 Å². The minimum Gasteiger partial charge on any atom is -0.497 e. The van der Waals surface area contributed by atoms with Crippen LogP contribution in [0, 0.1) is 5.82 Å². The topological polar surface area (TPSA) is 73.6 Å². The standard InChI is InChI=1S/C19H17FN2O4/c1-24-13-7-8-15(17(10-13)25-2)19(23)21-11-12-9-18(26-22-12)14-5-3-4-6-16(14)20/h3-10H,11H2,1-2H3,(H,21,23). The molecule has 0 fully saturated rings. The second kappa shape index (κ2) is 7.69. The monoisotopic (exact) mass is 356 g/mol. The first-order valence-electron chi connectivity index (χ1n) is 7.83. The number of ether oxygens (including phenoxy) is 2. The normalized spacial score (nSPS) is 10.4. The largest absolute Gasteiger partial charge is 0.497 e. The van der Waals surface area contributed by atoms with Crippen LogP contribution in [0.5, 0.6) is 11.5 Å². The summed E-state index contributed by atoms with van der Waals surface area (Å²) in [6.07, 6.45) is 0. The van der Waals surface area contributed by atoms with E-state index in [0.717, 1.165) is 0 Å². The van der Waals surface area contributed by atoms with Crippen molar-refractivity contribution in [1.29, 1.82) is 0 Å². The number of hydrogen-bond acceptors (Lipinski definition) is 5. The van der Waals surface area contributed by atoms with Crippen molar-refractivity contribution >= 4 is 5.91 Å². The molecular weight excluding hydrogens is 339 g/mol. The Hall–Kier alpha value is -3.35. The molecule has 0 spiro atoms. The van der Waals surface area contributed by atoms with E-state index in [0.29, 0.717) is 34.1 Å². The molecule has 1 heterocycles. The minimum absolute atomic E-state index is 0.131. The minimum atomic E-state index is -0.401. The van der Waals surface area contributed by atoms with Crippen LogP contribution in [0.2, 0.25) is 0 Å². The smallest absolute Gasteiger partial charge is 0.255 e. The maximum absolute atomic E-state index is 13.8. The molecule has 7 heteroatoms. The highest BCUT2D eigenvalue weighted by Crippen LogP contribution is 2.25. The number of hydrogen-bond donors (Lipinski definition) is 1. The summed E-state index contributed by atoms with van der Waals surface area (Å²) in [4.78, 5) is 12.4. The van der Waals surface area contributed by atoms with Gasteiger partial charge in [0.05, 0.1) is 31.9 Å². The number of halogens is 1. The van der Waals surface area contributed by atoms with Crippen LogP contribution in [0.15, 0.2) is 53.1 Å². The van der Waals surface area contributed by atoms with E-state index in [2.05, 4.69) is 10.5 Å². The fourth-order valence-corrected chi connectivity index (χ4v) is 2.44. The van der Waals surface area contributed by atoms with Gasteiger partial charge in [-0.2, -0.15) is 0 Å². The molecule has 134 valence electrons. The molecule has 0 aliphatic heterocycles. The average Bonchev–Trinajstić information content (AvgIpc) is 3.14. The van der Waals surface area contributed by atoms with Gasteiger partial charge in [-0.05, 0) is 24.3 Å². The Kier molecular flexibility index (Phi) is 5.17. The van der Waals surface area contributed by atoms with E-state index >= 15 is 0 Å². The van der Waals surface area contributed by atoms with Crippen LogP contribution in [0.25, 0.3) is 11.3 Å². The third-order valence-corrected chi connectivity index (χ3v) is 3.78. The van der Waals surface area contributed by atoms with Crippen molar-refractivity contribution in [2.24, 2.45) is 0 Å². The average molecular weight is 356 g/mol. The summed E-state index contributed by atoms with van der Waals surface area (Å²) in [5.41, 5.74) is 1.16. The number of carbonyl (C=O) groups excluding carboxylic acids is 1. The summed E-state index contributed by atoms with van der Waals surface area (Å²) >= 11 is 0. The van der Waals surface area contributed by atoms with Crippen molar-refractivity contribution in [2.75, 3.05) is 14.2 Å². The third kappa shape index (κ3) is 3.66. The Bertz CT molecular complexity index is 923. The Morgan fingerprint density at radius 2 is 1.96 bits per heavy atom. The fraction of sp³-hybridized carbons (Fsp3) is 0.158. The summed E-state index contributed by atoms with van der Waals surface area (Å²) in [6.45, 7) is 0.131. The Labute approximate surface area is 149 Å². The van der Waals surface area contributed by atoms with E-state index in [1.807, 2.05) is 0 Å². The number of nitrogens with one attached hydrogen (secondary N) is 1. The predicted octanol–water partition coefficient (Wildman–Crippen LogP) is 3.43. The number of benzene rings is 2. The van der Waals surface area contributed by atoms with E-state index in [1.54, 1.807) is 42.5 Å². The molecule has 0 unspecified atom stereocenters. The van der Waals surface area contributed by atoms with Crippen LogP contribution in [0.4, 0.5) is 4.39 Å². The molecule has 2 aromatic carbocycles. The number of aromatic nitrogens is 1. The zero-order valence-electron chi connectivity index (χ0n) is 14.3. The second-order valence-electron chi connectivity index (χ2n) is 5.41. The molecule has 0 bridgehead atoms. The van der Waals surface area contributed by atoms with Crippen LogP contribution in [-0.4, -0.2) is 25.3 Å². The molecule has 1 amide bonds. The fourth-order valence-electron chi connectivity index (χ4n) is 2.44. The molecule has 3 aromatic rings. The molecule has 0 radical (unpaired) electrons. The van der Waals surface area contributed by atoms with Gasteiger partial charge in [0.15, 0.2) is 5.76 Å². The van der Waals surface area contributed by atoms with E-state index in [9.17, 15) is 9.18 Å². The first kappa shape index (κ1) is 17.5. The zero-order valence-corrected chi connectivity index (χ0v) is 14.3. The van der Waals surface area contributed by atoms with Gasteiger partial charge in [0.2, 0.25) is 0 Å². The van der Waals surface area contributed by atoms with Gasteiger partial charge in [0.1, 0.15) is 23.0 Å². The number of nitrogens with zero attached hydrogens (tertiary/aromatic N) is 1. The summed E-state index contributed by atoms with van der Waals surface area (Å²) in [5, 5.41) is 6.59. The Morgan fingerprint density at radius 3 is 2.69 bits per heavy atom. The number of rotatable bonds is 6. The van der Waals surface area contributed by atoms with E-state index < -0.39 is 5.82 Å². The molecule has 0 saturated heterocycles. The first-order chi connectivity index (χ1) is 12.6. The lowest BCUT2D eigenvalue weighted by Gasteiger charge is -2.10. The van der Waals surface area contributed by atoms with Crippen molar-refractivity contribution in [3.63, 3.8) is 0 Å². The maximum Gasteiger partial charge on any atom is 0.255 e. The van der Waals surface area contributed by atoms with Crippen molar-refractivity contribution in [3.8, 4) is 22.8 Å². The highest BCUT2D eigenvalue weighted by atomic mass is 19.1. The van der Waals surface area contributed by atoms with E-state index in [1.165, 1.54) is 20.3 Å². The summed E-state index contributed by atoms with van der Waals surface area (Å²) in [5.74, 6) is 0.551. The summed E-state index contributed by atoms with van der Waals surface area (Å²) in [7, 11) is 3.01. The molecule has 0 saturated carbocycles. The molecule has 1 aromatic heterocycles. The number of carbonyl (C=O) groups is 1. The Balaban J connectivity index is 1.70. The zero-order chi connectivity index (χ0) is 18.5. The van der Waals surface area contributed by atoms with Crippen LogP contribution in [0.3, 0.4) is 0 Å². The van der Waals surface area contributed by atoms with Crippen molar-refractivity contribution in [1.82, 2.24) is 10.5 Å². The number of amides is 1. The van der Waals surface area contributed by atoms with Crippen LogP contribution in [0.1, 0.15) is 16.1 Å². The van der Waals surface area contributed by atoms with Gasteiger partial charge in [0, 0.05) is 12.1 Å². The predicted molar refractivity (Wildman–Crippen MR) is 92.6 cm³/mol. The van der Waals surface area contributed by atoms with Gasteiger partial charge in [-0.25, -0.2) is 4.39 Å². The van der Waals surface area contributed by atoms with Crippen molar-refractivity contribution in [3.05, 3.63) is 65.6 Å². The molecular formula is C19H17FN2O4. The van der Waals surface area contributed by atoms with Crippen LogP contribution < -0.4 is 14.8 Å².